The number of ether oxygens (including phenoxy) is 1. The summed E-state index contributed by atoms with van der Waals surface area (Å²) in [6.07, 6.45) is 0.764. The topological polar surface area (TPSA) is 322 Å². The summed E-state index contributed by atoms with van der Waals surface area (Å²) in [7, 11) is -12.8. The van der Waals surface area contributed by atoms with Crippen LogP contribution in [0.2, 0.25) is 0 Å². The predicted octanol–water partition coefficient (Wildman–Crippen LogP) is 4.00. The highest BCUT2D eigenvalue weighted by atomic mass is 31.3. The fourth-order valence-corrected chi connectivity index (χ4v) is 8.54. The minimum absolute atomic E-state index is 0.104. The van der Waals surface area contributed by atoms with E-state index in [1.807, 2.05) is 43.3 Å². The van der Waals surface area contributed by atoms with Crippen LogP contribution in [0.15, 0.2) is 69.9 Å². The molecule has 57 heavy (non-hydrogen) atoms. The zero-order valence-corrected chi connectivity index (χ0v) is 33.2. The number of aromatic nitrogens is 4. The molecular weight excluding hydrogens is 815 g/mol. The summed E-state index contributed by atoms with van der Waals surface area (Å²) < 4.78 is 53.4. The SMILES string of the molecule is CN(C)c1ccc(N=Nc2ccc(C(=O)NCCCCCCNc3[nH]c(=O)nc4c3ncn4[C@H]3C[C@H](O)[C@@H](COP(=O)(O)OP(=O)(O)OP(=O)(O)O)O3)cc2)cc1. The first-order chi connectivity index (χ1) is 26.9. The Kier molecular flexibility index (Phi) is 14.7. The highest BCUT2D eigenvalue weighted by molar-refractivity contribution is 7.66. The maximum Gasteiger partial charge on any atom is 0.490 e. The number of hydrogen-bond acceptors (Lipinski definition) is 16. The second-order valence-electron chi connectivity index (χ2n) is 12.8. The van der Waals surface area contributed by atoms with Gasteiger partial charge in [-0.05, 0) is 61.4 Å². The summed E-state index contributed by atoms with van der Waals surface area (Å²) in [5.41, 5.74) is 2.60. The number of phosphoric acid groups is 3. The number of imidazole rings is 1. The first-order valence-corrected chi connectivity index (χ1v) is 21.8. The van der Waals surface area contributed by atoms with Gasteiger partial charge >= 0.3 is 29.2 Å². The van der Waals surface area contributed by atoms with E-state index < -0.39 is 54.2 Å². The minimum atomic E-state index is -5.73. The van der Waals surface area contributed by atoms with Crippen molar-refractivity contribution in [3.8, 4) is 0 Å². The monoisotopic (exact) mass is 857 g/mol. The van der Waals surface area contributed by atoms with Gasteiger partial charge in [-0.3, -0.25) is 18.9 Å². The van der Waals surface area contributed by atoms with Crippen molar-refractivity contribution >= 4 is 63.4 Å². The van der Waals surface area contributed by atoms with Crippen LogP contribution in [0.1, 0.15) is 48.7 Å². The third-order valence-corrected chi connectivity index (χ3v) is 12.0. The Morgan fingerprint density at radius 3 is 2.21 bits per heavy atom. The maximum absolute atomic E-state index is 12.6. The maximum atomic E-state index is 12.6. The normalized spacial score (nSPS) is 19.4. The number of amides is 1. The Morgan fingerprint density at radius 2 is 1.58 bits per heavy atom. The summed E-state index contributed by atoms with van der Waals surface area (Å²) in [5.74, 6) is 0.102. The molecule has 1 aliphatic rings. The number of aliphatic hydroxyl groups is 1. The number of azo groups is 1. The van der Waals surface area contributed by atoms with Crippen LogP contribution in [-0.4, -0.2) is 96.1 Å². The van der Waals surface area contributed by atoms with Gasteiger partial charge in [-0.15, -0.1) is 0 Å². The van der Waals surface area contributed by atoms with Gasteiger partial charge in [-0.1, -0.05) is 12.8 Å². The first-order valence-electron chi connectivity index (χ1n) is 17.3. The number of carbonyl (C=O) groups excluding carboxylic acids is 1. The quantitative estimate of drug-likeness (QED) is 0.0354. The van der Waals surface area contributed by atoms with Gasteiger partial charge in [0, 0.05) is 44.9 Å². The summed E-state index contributed by atoms with van der Waals surface area (Å²) >= 11 is 0. The van der Waals surface area contributed by atoms with Gasteiger partial charge < -0.3 is 45.0 Å². The Morgan fingerprint density at radius 1 is 0.947 bits per heavy atom. The van der Waals surface area contributed by atoms with Crippen molar-refractivity contribution in [2.45, 2.75) is 50.5 Å². The summed E-state index contributed by atoms with van der Waals surface area (Å²) in [5, 5.41) is 25.0. The molecule has 1 amide bonds. The Bertz CT molecular complexity index is 2230. The van der Waals surface area contributed by atoms with Crippen LogP contribution < -0.4 is 21.2 Å². The lowest BCUT2D eigenvalue weighted by molar-refractivity contribution is -0.0423. The molecule has 0 bridgehead atoms. The molecule has 5 rings (SSSR count). The van der Waals surface area contributed by atoms with Crippen LogP contribution in [0.25, 0.3) is 11.2 Å². The lowest BCUT2D eigenvalue weighted by atomic mass is 10.1. The van der Waals surface area contributed by atoms with Crippen LogP contribution in [0, 0.1) is 0 Å². The zero-order valence-electron chi connectivity index (χ0n) is 30.5. The molecule has 0 spiro atoms. The number of aromatic amines is 1. The molecule has 23 nitrogen and oxygen atoms in total. The van der Waals surface area contributed by atoms with E-state index in [1.165, 1.54) is 10.9 Å². The Labute approximate surface area is 324 Å². The second kappa shape index (κ2) is 19.0. The summed E-state index contributed by atoms with van der Waals surface area (Å²) in [6.45, 7) is 0.0989. The molecule has 5 atom stereocenters. The molecule has 1 fully saturated rings. The van der Waals surface area contributed by atoms with Crippen molar-refractivity contribution in [2.24, 2.45) is 10.2 Å². The van der Waals surface area contributed by atoms with Gasteiger partial charge in [0.25, 0.3) is 5.91 Å². The average molecular weight is 858 g/mol. The first kappa shape index (κ1) is 43.9. The van der Waals surface area contributed by atoms with E-state index in [0.717, 1.165) is 37.1 Å². The fourth-order valence-electron chi connectivity index (χ4n) is 5.51. The van der Waals surface area contributed by atoms with Gasteiger partial charge in [-0.25, -0.2) is 23.5 Å². The predicted molar refractivity (Wildman–Crippen MR) is 203 cm³/mol. The zero-order chi connectivity index (χ0) is 41.4. The molecule has 8 N–H and O–H groups in total. The molecule has 310 valence electrons. The van der Waals surface area contributed by atoms with Crippen molar-refractivity contribution in [1.29, 1.82) is 0 Å². The highest BCUT2D eigenvalue weighted by Gasteiger charge is 2.43. The Balaban J connectivity index is 1.02. The number of hydrogen-bond donors (Lipinski definition) is 8. The molecule has 2 aromatic heterocycles. The van der Waals surface area contributed by atoms with Crippen LogP contribution in [0.4, 0.5) is 22.9 Å². The second-order valence-corrected chi connectivity index (χ2v) is 17.2. The number of phosphoric ester groups is 1. The van der Waals surface area contributed by atoms with Crippen molar-refractivity contribution in [3.63, 3.8) is 0 Å². The van der Waals surface area contributed by atoms with Gasteiger partial charge in [-0.2, -0.15) is 23.8 Å². The lowest BCUT2D eigenvalue weighted by Crippen LogP contribution is -2.26. The number of nitrogens with zero attached hydrogens (tertiary/aromatic N) is 6. The largest absolute Gasteiger partial charge is 0.490 e. The van der Waals surface area contributed by atoms with Crippen molar-refractivity contribution in [1.82, 2.24) is 24.8 Å². The van der Waals surface area contributed by atoms with E-state index in [4.69, 9.17) is 14.5 Å². The number of unbranched alkanes of at least 4 members (excludes halogenated alkanes) is 3. The van der Waals surface area contributed by atoms with Crippen molar-refractivity contribution < 1.29 is 61.1 Å². The van der Waals surface area contributed by atoms with Gasteiger partial charge in [0.2, 0.25) is 0 Å². The molecule has 0 radical (unpaired) electrons. The molecule has 3 heterocycles. The standard InChI is InChI=1S/C31H42N9O14P3/c1-39(2)23-13-11-22(12-14-23)38-37-21-9-7-20(8-10-21)30(42)33-16-6-4-3-5-15-32-28-27-29(36-31(43)35-28)40(19-34-27)26-17-24(41)25(52-26)18-51-56(47,48)54-57(49,50)53-55(44,45)46/h7-14,19,24-26,41H,3-6,15-18H2,1-2H3,(H,33,42)(H,47,48)(H,49,50)(H2,44,45,46)(H2,32,35,36,43)/t24-,25+,26+/m0/s1. The molecule has 1 aliphatic heterocycles. The number of H-pyrrole nitrogens is 1. The number of nitrogens with one attached hydrogen (secondary N) is 3. The molecule has 0 saturated carbocycles. The van der Waals surface area contributed by atoms with Crippen LogP contribution in [-0.2, 0) is 31.6 Å². The lowest BCUT2D eigenvalue weighted by Gasteiger charge is -2.19. The number of rotatable bonds is 20. The number of benzene rings is 2. The minimum Gasteiger partial charge on any atom is -0.390 e. The van der Waals surface area contributed by atoms with Gasteiger partial charge in [0.1, 0.15) is 23.7 Å². The van der Waals surface area contributed by atoms with Crippen molar-refractivity contribution in [2.75, 3.05) is 44.0 Å². The smallest absolute Gasteiger partial charge is 0.390 e. The average Bonchev–Trinajstić information content (AvgIpc) is 3.72. The van der Waals surface area contributed by atoms with Crippen molar-refractivity contribution in [3.05, 3.63) is 70.9 Å². The van der Waals surface area contributed by atoms with E-state index in [-0.39, 0.29) is 23.5 Å². The molecule has 2 unspecified atom stereocenters. The van der Waals surface area contributed by atoms with E-state index >= 15 is 0 Å². The van der Waals surface area contributed by atoms with Crippen LogP contribution in [0.3, 0.4) is 0 Å². The molecule has 4 aromatic rings. The number of anilines is 2. The number of carbonyl (C=O) groups is 1. The van der Waals surface area contributed by atoms with Crippen LogP contribution in [0.5, 0.6) is 0 Å². The van der Waals surface area contributed by atoms with Gasteiger partial charge in [0.05, 0.1) is 30.4 Å². The number of fused-ring (bicyclic) bond motifs is 1. The van der Waals surface area contributed by atoms with E-state index in [1.54, 1.807) is 24.3 Å². The van der Waals surface area contributed by atoms with Gasteiger partial charge in [0.15, 0.2) is 5.65 Å². The third kappa shape index (κ3) is 13.2. The fraction of sp³-hybridized carbons (Fsp3) is 0.419. The third-order valence-electron chi connectivity index (χ3n) is 8.24. The number of aliphatic hydroxyl groups excluding tert-OH is 1. The summed E-state index contributed by atoms with van der Waals surface area (Å²) in [6, 6.07) is 14.5. The Hall–Kier alpha value is -4.21. The molecule has 0 aliphatic carbocycles. The molecule has 2 aromatic carbocycles. The molecular formula is C31H42N9O14P3. The molecule has 26 heteroatoms. The van der Waals surface area contributed by atoms with E-state index in [9.17, 15) is 38.2 Å². The van der Waals surface area contributed by atoms with E-state index in [0.29, 0.717) is 30.2 Å². The van der Waals surface area contributed by atoms with E-state index in [2.05, 4.69) is 49.0 Å². The van der Waals surface area contributed by atoms with Crippen LogP contribution >= 0.6 is 23.5 Å². The molecule has 1 saturated heterocycles. The summed E-state index contributed by atoms with van der Waals surface area (Å²) in [4.78, 5) is 74.2. The highest BCUT2D eigenvalue weighted by Crippen LogP contribution is 2.66.